The molecule has 0 aromatic rings. The fourth-order valence-corrected chi connectivity index (χ4v) is 1.74. The van der Waals surface area contributed by atoms with E-state index >= 15 is 0 Å². The molecule has 1 heterocycles. The van der Waals surface area contributed by atoms with Gasteiger partial charge in [-0.15, -0.1) is 0 Å². The fraction of sp³-hybridized carbons (Fsp3) is 0.636. The summed E-state index contributed by atoms with van der Waals surface area (Å²) < 4.78 is 9.58. The first-order valence-corrected chi connectivity index (χ1v) is 5.32. The zero-order valence-electron chi connectivity index (χ0n) is 9.48. The number of esters is 1. The Hall–Kier alpha value is -1.52. The second-order valence-electron chi connectivity index (χ2n) is 3.59. The Morgan fingerprint density at radius 1 is 1.50 bits per heavy atom. The van der Waals surface area contributed by atoms with Crippen molar-refractivity contribution in [2.24, 2.45) is 0 Å². The molecule has 0 N–H and O–H groups in total. The van der Waals surface area contributed by atoms with Crippen LogP contribution in [-0.2, 0) is 14.3 Å². The number of rotatable bonds is 3. The number of hydrogen-bond donors (Lipinski definition) is 0. The Labute approximate surface area is 95.0 Å². The molecule has 0 aliphatic carbocycles. The van der Waals surface area contributed by atoms with E-state index in [1.54, 1.807) is 0 Å². The SMILES string of the molecule is C=CCOC(=O)N1CCCC[C@@H]1C(=O)OC. The molecule has 0 spiro atoms. The molecule has 0 unspecified atom stereocenters. The number of amides is 1. The molecule has 0 saturated carbocycles. The molecule has 1 saturated heterocycles. The predicted molar refractivity (Wildman–Crippen MR) is 57.9 cm³/mol. The van der Waals surface area contributed by atoms with Gasteiger partial charge in [-0.3, -0.25) is 4.90 Å². The van der Waals surface area contributed by atoms with Crippen LogP contribution in [0.3, 0.4) is 0 Å². The topological polar surface area (TPSA) is 55.8 Å². The monoisotopic (exact) mass is 227 g/mol. The lowest BCUT2D eigenvalue weighted by atomic mass is 10.0. The molecule has 0 aromatic carbocycles. The molecular formula is C11H17NO4. The van der Waals surface area contributed by atoms with Crippen LogP contribution in [0.25, 0.3) is 0 Å². The molecule has 5 nitrogen and oxygen atoms in total. The average Bonchev–Trinajstić information content (AvgIpc) is 2.35. The third-order valence-electron chi connectivity index (χ3n) is 2.54. The van der Waals surface area contributed by atoms with Gasteiger partial charge in [-0.1, -0.05) is 12.7 Å². The van der Waals surface area contributed by atoms with Crippen molar-refractivity contribution in [3.8, 4) is 0 Å². The summed E-state index contributed by atoms with van der Waals surface area (Å²) in [5, 5.41) is 0. The van der Waals surface area contributed by atoms with Crippen molar-refractivity contribution in [2.45, 2.75) is 25.3 Å². The van der Waals surface area contributed by atoms with E-state index in [0.717, 1.165) is 12.8 Å². The number of carbonyl (C=O) groups is 2. The van der Waals surface area contributed by atoms with Gasteiger partial charge in [0.15, 0.2) is 0 Å². The van der Waals surface area contributed by atoms with Crippen LogP contribution in [0.4, 0.5) is 4.79 Å². The lowest BCUT2D eigenvalue weighted by Gasteiger charge is -2.32. The zero-order valence-corrected chi connectivity index (χ0v) is 9.48. The molecule has 0 radical (unpaired) electrons. The summed E-state index contributed by atoms with van der Waals surface area (Å²) in [7, 11) is 1.32. The Kier molecular flexibility index (Phi) is 4.82. The van der Waals surface area contributed by atoms with Crippen molar-refractivity contribution in [1.82, 2.24) is 4.90 Å². The van der Waals surface area contributed by atoms with Crippen LogP contribution in [0.2, 0.25) is 0 Å². The molecule has 0 aromatic heterocycles. The normalized spacial score (nSPS) is 20.1. The van der Waals surface area contributed by atoms with Crippen molar-refractivity contribution in [1.29, 1.82) is 0 Å². The Morgan fingerprint density at radius 3 is 2.88 bits per heavy atom. The lowest BCUT2D eigenvalue weighted by Crippen LogP contribution is -2.48. The Morgan fingerprint density at radius 2 is 2.25 bits per heavy atom. The molecule has 5 heteroatoms. The minimum Gasteiger partial charge on any atom is -0.467 e. The number of nitrogens with zero attached hydrogens (tertiary/aromatic N) is 1. The second kappa shape index (κ2) is 6.15. The van der Waals surface area contributed by atoms with Crippen LogP contribution in [0.1, 0.15) is 19.3 Å². The van der Waals surface area contributed by atoms with Crippen LogP contribution in [0.15, 0.2) is 12.7 Å². The molecule has 16 heavy (non-hydrogen) atoms. The molecule has 1 rings (SSSR count). The quantitative estimate of drug-likeness (QED) is 0.539. The smallest absolute Gasteiger partial charge is 0.410 e. The van der Waals surface area contributed by atoms with Gasteiger partial charge in [0.05, 0.1) is 7.11 Å². The van der Waals surface area contributed by atoms with Gasteiger partial charge >= 0.3 is 12.1 Å². The van der Waals surface area contributed by atoms with Gasteiger partial charge in [0, 0.05) is 6.54 Å². The Bertz CT molecular complexity index is 277. The first kappa shape index (κ1) is 12.5. The number of ether oxygens (including phenoxy) is 2. The number of piperidine rings is 1. The Balaban J connectivity index is 2.62. The fourth-order valence-electron chi connectivity index (χ4n) is 1.74. The first-order chi connectivity index (χ1) is 7.70. The van der Waals surface area contributed by atoms with E-state index in [9.17, 15) is 9.59 Å². The van der Waals surface area contributed by atoms with E-state index in [4.69, 9.17) is 4.74 Å². The van der Waals surface area contributed by atoms with E-state index in [2.05, 4.69) is 11.3 Å². The highest BCUT2D eigenvalue weighted by Gasteiger charge is 2.33. The summed E-state index contributed by atoms with van der Waals surface area (Å²) in [4.78, 5) is 24.5. The molecule has 1 aliphatic heterocycles. The van der Waals surface area contributed by atoms with Gasteiger partial charge in [0.1, 0.15) is 12.6 Å². The van der Waals surface area contributed by atoms with E-state index < -0.39 is 12.1 Å². The summed E-state index contributed by atoms with van der Waals surface area (Å²) in [5.41, 5.74) is 0. The highest BCUT2D eigenvalue weighted by atomic mass is 16.6. The van der Waals surface area contributed by atoms with Crippen LogP contribution >= 0.6 is 0 Å². The van der Waals surface area contributed by atoms with Gasteiger partial charge in [-0.05, 0) is 19.3 Å². The maximum Gasteiger partial charge on any atom is 0.410 e. The lowest BCUT2D eigenvalue weighted by molar-refractivity contribution is -0.147. The number of likely N-dealkylation sites (tertiary alicyclic amines) is 1. The van der Waals surface area contributed by atoms with Crippen LogP contribution < -0.4 is 0 Å². The molecular weight excluding hydrogens is 210 g/mol. The van der Waals surface area contributed by atoms with Crippen LogP contribution in [-0.4, -0.2) is 43.3 Å². The van der Waals surface area contributed by atoms with E-state index in [-0.39, 0.29) is 12.6 Å². The molecule has 90 valence electrons. The third-order valence-corrected chi connectivity index (χ3v) is 2.54. The molecule has 1 amide bonds. The highest BCUT2D eigenvalue weighted by Crippen LogP contribution is 2.18. The second-order valence-corrected chi connectivity index (χ2v) is 3.59. The summed E-state index contributed by atoms with van der Waals surface area (Å²) in [6, 6.07) is -0.504. The predicted octanol–water partition coefficient (Wildman–Crippen LogP) is 1.34. The van der Waals surface area contributed by atoms with Gasteiger partial charge in [-0.2, -0.15) is 0 Å². The van der Waals surface area contributed by atoms with Gasteiger partial charge in [0.25, 0.3) is 0 Å². The van der Waals surface area contributed by atoms with Gasteiger partial charge in [-0.25, -0.2) is 9.59 Å². The number of hydrogen-bond acceptors (Lipinski definition) is 4. The maximum atomic E-state index is 11.6. The van der Waals surface area contributed by atoms with E-state index in [1.165, 1.54) is 18.1 Å². The van der Waals surface area contributed by atoms with Crippen molar-refractivity contribution < 1.29 is 19.1 Å². The highest BCUT2D eigenvalue weighted by molar-refractivity contribution is 5.81. The number of carbonyl (C=O) groups excluding carboxylic acids is 2. The summed E-state index contributed by atoms with van der Waals surface area (Å²) in [6.45, 7) is 4.15. The van der Waals surface area contributed by atoms with Crippen LogP contribution in [0.5, 0.6) is 0 Å². The van der Waals surface area contributed by atoms with Gasteiger partial charge < -0.3 is 9.47 Å². The minimum atomic E-state index is -0.504. The van der Waals surface area contributed by atoms with E-state index in [0.29, 0.717) is 13.0 Å². The van der Waals surface area contributed by atoms with Gasteiger partial charge in [0.2, 0.25) is 0 Å². The summed E-state index contributed by atoms with van der Waals surface area (Å²) >= 11 is 0. The first-order valence-electron chi connectivity index (χ1n) is 5.32. The molecule has 1 atom stereocenters. The van der Waals surface area contributed by atoms with Crippen molar-refractivity contribution in [2.75, 3.05) is 20.3 Å². The average molecular weight is 227 g/mol. The largest absolute Gasteiger partial charge is 0.467 e. The standard InChI is InChI=1S/C11H17NO4/c1-3-8-16-11(14)12-7-5-4-6-9(12)10(13)15-2/h3,9H,1,4-8H2,2H3/t9-/m1/s1. The zero-order chi connectivity index (χ0) is 12.0. The number of methoxy groups -OCH3 is 1. The third kappa shape index (κ3) is 2.98. The minimum absolute atomic E-state index is 0.156. The van der Waals surface area contributed by atoms with Crippen molar-refractivity contribution >= 4 is 12.1 Å². The van der Waals surface area contributed by atoms with Crippen molar-refractivity contribution in [3.63, 3.8) is 0 Å². The van der Waals surface area contributed by atoms with Crippen LogP contribution in [0, 0.1) is 0 Å². The van der Waals surface area contributed by atoms with E-state index in [1.807, 2.05) is 0 Å². The van der Waals surface area contributed by atoms with Crippen molar-refractivity contribution in [3.05, 3.63) is 12.7 Å². The summed E-state index contributed by atoms with van der Waals surface area (Å²) in [5.74, 6) is -0.379. The molecule has 1 aliphatic rings. The molecule has 1 fully saturated rings. The molecule has 0 bridgehead atoms. The summed E-state index contributed by atoms with van der Waals surface area (Å²) in [6.07, 6.45) is 3.46. The maximum absolute atomic E-state index is 11.6.